The fourth-order valence-corrected chi connectivity index (χ4v) is 1.56. The Morgan fingerprint density at radius 3 is 2.05 bits per heavy atom. The Balaban J connectivity index is 2.46. The molecule has 2 aromatic rings. The molecule has 0 atom stereocenters. The minimum Gasteiger partial charge on any atom is -0.350 e. The van der Waals surface area contributed by atoms with Gasteiger partial charge in [0, 0.05) is 5.69 Å². The van der Waals surface area contributed by atoms with E-state index >= 15 is 0 Å². The predicted octanol–water partition coefficient (Wildman–Crippen LogP) is 4.28. The molecule has 19 heavy (non-hydrogen) atoms. The van der Waals surface area contributed by atoms with E-state index in [1.165, 1.54) is 12.1 Å². The monoisotopic (exact) mass is 338 g/mol. The zero-order valence-electron chi connectivity index (χ0n) is 8.95. The van der Waals surface area contributed by atoms with Gasteiger partial charge in [0.2, 0.25) is 11.6 Å². The molecule has 0 fully saturated rings. The highest BCUT2D eigenvalue weighted by molar-refractivity contribution is 9.10. The molecular weight excluding hydrogens is 335 g/mol. The van der Waals surface area contributed by atoms with Crippen LogP contribution in [0.1, 0.15) is 0 Å². The third-order valence-corrected chi connectivity index (χ3v) is 2.83. The number of benzene rings is 1. The third-order valence-electron chi connectivity index (χ3n) is 2.19. The summed E-state index contributed by atoms with van der Waals surface area (Å²) in [6, 6.07) is 3.43. The van der Waals surface area contributed by atoms with Crippen molar-refractivity contribution in [3.05, 3.63) is 52.0 Å². The van der Waals surface area contributed by atoms with Crippen molar-refractivity contribution >= 4 is 27.3 Å². The summed E-state index contributed by atoms with van der Waals surface area (Å²) in [5.74, 6) is -7.68. The van der Waals surface area contributed by atoms with Gasteiger partial charge in [-0.05, 0) is 34.1 Å². The summed E-state index contributed by atoms with van der Waals surface area (Å²) in [6.45, 7) is 0. The number of hydrogen-bond donors (Lipinski definition) is 1. The molecule has 1 N–H and O–H groups in total. The van der Waals surface area contributed by atoms with Crippen molar-refractivity contribution < 1.29 is 22.0 Å². The van der Waals surface area contributed by atoms with E-state index in [2.05, 4.69) is 26.2 Å². The third kappa shape index (κ3) is 2.67. The highest BCUT2D eigenvalue weighted by Crippen LogP contribution is 2.27. The Labute approximate surface area is 112 Å². The molecule has 2 rings (SSSR count). The average molecular weight is 339 g/mol. The van der Waals surface area contributed by atoms with E-state index in [1.54, 1.807) is 0 Å². The molecule has 0 aliphatic rings. The number of halogens is 6. The van der Waals surface area contributed by atoms with E-state index in [0.29, 0.717) is 0 Å². The second-order valence-corrected chi connectivity index (χ2v) is 4.30. The van der Waals surface area contributed by atoms with Crippen molar-refractivity contribution in [2.24, 2.45) is 0 Å². The first-order chi connectivity index (χ1) is 8.90. The first-order valence-corrected chi connectivity index (χ1v) is 5.61. The number of rotatable bonds is 2. The predicted molar refractivity (Wildman–Crippen MR) is 61.5 cm³/mol. The molecule has 0 unspecified atom stereocenters. The number of aromatic nitrogens is 1. The SMILES string of the molecule is Fc1cc(Nc2c(F)c(F)nc(F)c2F)ccc1Br. The summed E-state index contributed by atoms with van der Waals surface area (Å²) in [5, 5.41) is 2.06. The number of pyridine rings is 1. The maximum absolute atomic E-state index is 13.3. The highest BCUT2D eigenvalue weighted by Gasteiger charge is 2.21. The smallest absolute Gasteiger partial charge is 0.253 e. The summed E-state index contributed by atoms with van der Waals surface area (Å²) in [5.41, 5.74) is -1.16. The Kier molecular flexibility index (Phi) is 3.70. The van der Waals surface area contributed by atoms with Gasteiger partial charge < -0.3 is 5.32 Å². The quantitative estimate of drug-likeness (QED) is 0.653. The minimum absolute atomic E-state index is 0.0801. The standard InChI is InChI=1S/C11H4BrF5N2/c12-5-2-1-4(3-6(5)13)18-9-7(14)10(16)19-11(17)8(9)15/h1-3H,(H,18,19). The molecule has 0 aliphatic carbocycles. The molecule has 0 amide bonds. The molecule has 0 radical (unpaired) electrons. The Hall–Kier alpha value is -1.70. The molecule has 1 heterocycles. The maximum Gasteiger partial charge on any atom is 0.253 e. The van der Waals surface area contributed by atoms with E-state index in [1.807, 2.05) is 0 Å². The molecule has 2 nitrogen and oxygen atoms in total. The number of nitrogens with one attached hydrogen (secondary N) is 1. The maximum atomic E-state index is 13.3. The highest BCUT2D eigenvalue weighted by atomic mass is 79.9. The van der Waals surface area contributed by atoms with Crippen molar-refractivity contribution in [1.29, 1.82) is 0 Å². The first-order valence-electron chi connectivity index (χ1n) is 4.82. The van der Waals surface area contributed by atoms with Crippen LogP contribution >= 0.6 is 15.9 Å². The van der Waals surface area contributed by atoms with Gasteiger partial charge >= 0.3 is 0 Å². The molecule has 0 bridgehead atoms. The average Bonchev–Trinajstić information content (AvgIpc) is 2.36. The van der Waals surface area contributed by atoms with Crippen LogP contribution in [0.4, 0.5) is 33.3 Å². The van der Waals surface area contributed by atoms with Crippen LogP contribution in [-0.4, -0.2) is 4.98 Å². The number of anilines is 2. The van der Waals surface area contributed by atoms with Gasteiger partial charge in [-0.15, -0.1) is 0 Å². The van der Waals surface area contributed by atoms with Gasteiger partial charge in [-0.1, -0.05) is 0 Å². The zero-order valence-corrected chi connectivity index (χ0v) is 10.5. The van der Waals surface area contributed by atoms with Crippen LogP contribution in [0.3, 0.4) is 0 Å². The van der Waals surface area contributed by atoms with Crippen molar-refractivity contribution in [3.8, 4) is 0 Å². The van der Waals surface area contributed by atoms with E-state index in [0.717, 1.165) is 6.07 Å². The van der Waals surface area contributed by atoms with E-state index in [4.69, 9.17) is 0 Å². The van der Waals surface area contributed by atoms with Crippen LogP contribution in [-0.2, 0) is 0 Å². The lowest BCUT2D eigenvalue weighted by molar-refractivity contribution is 0.411. The Morgan fingerprint density at radius 1 is 0.947 bits per heavy atom. The van der Waals surface area contributed by atoms with Gasteiger partial charge in [0.1, 0.15) is 11.5 Å². The zero-order chi connectivity index (χ0) is 14.2. The number of nitrogens with zero attached hydrogens (tertiary/aromatic N) is 1. The fraction of sp³-hybridized carbons (Fsp3) is 0. The van der Waals surface area contributed by atoms with Crippen LogP contribution in [0.25, 0.3) is 0 Å². The summed E-state index contributed by atoms with van der Waals surface area (Å²) >= 11 is 2.89. The molecule has 1 aromatic heterocycles. The fourth-order valence-electron chi connectivity index (χ4n) is 1.31. The second-order valence-electron chi connectivity index (χ2n) is 3.45. The molecule has 8 heteroatoms. The van der Waals surface area contributed by atoms with Gasteiger partial charge in [-0.3, -0.25) is 0 Å². The summed E-state index contributed by atoms with van der Waals surface area (Å²) in [4.78, 5) is 2.40. The van der Waals surface area contributed by atoms with Gasteiger partial charge in [0.15, 0.2) is 0 Å². The Morgan fingerprint density at radius 2 is 1.53 bits per heavy atom. The van der Waals surface area contributed by atoms with E-state index in [-0.39, 0.29) is 10.2 Å². The lowest BCUT2D eigenvalue weighted by Crippen LogP contribution is -2.06. The van der Waals surface area contributed by atoms with Crippen LogP contribution in [0.5, 0.6) is 0 Å². The summed E-state index contributed by atoms with van der Waals surface area (Å²) < 4.78 is 65.6. The topological polar surface area (TPSA) is 24.9 Å². The lowest BCUT2D eigenvalue weighted by atomic mass is 10.3. The molecule has 0 aliphatic heterocycles. The summed E-state index contributed by atoms with van der Waals surface area (Å²) in [7, 11) is 0. The van der Waals surface area contributed by atoms with Crippen molar-refractivity contribution in [3.63, 3.8) is 0 Å². The molecule has 0 saturated heterocycles. The normalized spacial score (nSPS) is 10.6. The van der Waals surface area contributed by atoms with E-state index < -0.39 is 35.0 Å². The van der Waals surface area contributed by atoms with Crippen molar-refractivity contribution in [2.75, 3.05) is 5.32 Å². The largest absolute Gasteiger partial charge is 0.350 e. The van der Waals surface area contributed by atoms with Crippen molar-refractivity contribution in [1.82, 2.24) is 4.98 Å². The first kappa shape index (κ1) is 13.7. The van der Waals surface area contributed by atoms with Gasteiger partial charge in [0.25, 0.3) is 11.9 Å². The second kappa shape index (κ2) is 5.12. The molecular formula is C11H4BrF5N2. The van der Waals surface area contributed by atoms with Gasteiger partial charge in [0.05, 0.1) is 4.47 Å². The molecule has 100 valence electrons. The van der Waals surface area contributed by atoms with E-state index in [9.17, 15) is 22.0 Å². The minimum atomic E-state index is -1.79. The van der Waals surface area contributed by atoms with Crippen LogP contribution in [0.2, 0.25) is 0 Å². The number of hydrogen-bond acceptors (Lipinski definition) is 2. The van der Waals surface area contributed by atoms with Crippen LogP contribution < -0.4 is 5.32 Å². The van der Waals surface area contributed by atoms with Crippen LogP contribution in [0, 0.1) is 29.3 Å². The lowest BCUT2D eigenvalue weighted by Gasteiger charge is -2.09. The molecule has 0 spiro atoms. The van der Waals surface area contributed by atoms with Crippen molar-refractivity contribution in [2.45, 2.75) is 0 Å². The molecule has 1 aromatic carbocycles. The van der Waals surface area contributed by atoms with Crippen LogP contribution in [0.15, 0.2) is 22.7 Å². The Bertz CT molecular complexity index is 621. The molecule has 0 saturated carbocycles. The van der Waals surface area contributed by atoms with Gasteiger partial charge in [-0.2, -0.15) is 22.5 Å². The van der Waals surface area contributed by atoms with Gasteiger partial charge in [-0.25, -0.2) is 4.39 Å². The summed E-state index contributed by atoms with van der Waals surface area (Å²) in [6.07, 6.45) is 0.